The van der Waals surface area contributed by atoms with Gasteiger partial charge in [0.05, 0.1) is 13.0 Å². The Hall–Kier alpha value is -2.82. The molecule has 2 aromatic carbocycles. The van der Waals surface area contributed by atoms with Gasteiger partial charge in [-0.1, -0.05) is 48.5 Å². The molecule has 1 saturated heterocycles. The highest BCUT2D eigenvalue weighted by Gasteiger charge is 2.26. The van der Waals surface area contributed by atoms with Gasteiger partial charge in [-0.05, 0) is 37.0 Å². The van der Waals surface area contributed by atoms with E-state index in [-0.39, 0.29) is 17.7 Å². The van der Waals surface area contributed by atoms with Gasteiger partial charge in [-0.15, -0.1) is 0 Å². The maximum atomic E-state index is 12.4. The molecule has 0 radical (unpaired) electrons. The van der Waals surface area contributed by atoms with Crippen LogP contribution in [0.5, 0.6) is 5.75 Å². The van der Waals surface area contributed by atoms with Crippen LogP contribution >= 0.6 is 0 Å². The lowest BCUT2D eigenvalue weighted by Gasteiger charge is -2.31. The molecule has 1 N–H and O–H groups in total. The molecule has 5 nitrogen and oxygen atoms in total. The highest BCUT2D eigenvalue weighted by Crippen LogP contribution is 2.18. The van der Waals surface area contributed by atoms with Crippen molar-refractivity contribution in [2.75, 3.05) is 26.2 Å². The number of carbonyl (C=O) groups excluding carboxylic acids is 2. The number of hydrogen-bond donors (Lipinski definition) is 1. The number of nitrogens with zero attached hydrogens (tertiary/aromatic N) is 1. The smallest absolute Gasteiger partial charge is 0.225 e. The molecule has 0 spiro atoms. The largest absolute Gasteiger partial charge is 0.493 e. The number of piperidine rings is 1. The van der Waals surface area contributed by atoms with Crippen LogP contribution in [-0.4, -0.2) is 43.0 Å². The molecule has 0 saturated carbocycles. The summed E-state index contributed by atoms with van der Waals surface area (Å²) in [6.07, 6.45) is 2.65. The topological polar surface area (TPSA) is 58.6 Å². The third-order valence-electron chi connectivity index (χ3n) is 5.10. The second kappa shape index (κ2) is 10.5. The molecule has 0 aromatic heterocycles. The summed E-state index contributed by atoms with van der Waals surface area (Å²) >= 11 is 0. The summed E-state index contributed by atoms with van der Waals surface area (Å²) in [5, 5.41) is 3.03. The van der Waals surface area contributed by atoms with Crippen LogP contribution in [0, 0.1) is 5.92 Å². The molecule has 0 aliphatic carbocycles. The zero-order valence-corrected chi connectivity index (χ0v) is 16.2. The number of benzene rings is 2. The maximum absolute atomic E-state index is 12.4. The van der Waals surface area contributed by atoms with E-state index in [9.17, 15) is 9.59 Å². The van der Waals surface area contributed by atoms with Crippen molar-refractivity contribution in [1.29, 1.82) is 0 Å². The van der Waals surface area contributed by atoms with E-state index in [0.717, 1.165) is 25.0 Å². The molecule has 2 amide bonds. The lowest BCUT2D eigenvalue weighted by Crippen LogP contribution is -2.43. The van der Waals surface area contributed by atoms with Gasteiger partial charge in [0.2, 0.25) is 11.8 Å². The quantitative estimate of drug-likeness (QED) is 0.766. The molecule has 5 heteroatoms. The Bertz CT molecular complexity index is 675. The maximum Gasteiger partial charge on any atom is 0.225 e. The zero-order valence-electron chi connectivity index (χ0n) is 16.2. The van der Waals surface area contributed by atoms with Crippen molar-refractivity contribution in [1.82, 2.24) is 10.2 Å². The Morgan fingerprint density at radius 1 is 0.964 bits per heavy atom. The number of hydrogen-bond acceptors (Lipinski definition) is 3. The van der Waals surface area contributed by atoms with Gasteiger partial charge in [0.1, 0.15) is 5.75 Å². The molecule has 1 heterocycles. The van der Waals surface area contributed by atoms with Crippen LogP contribution < -0.4 is 10.1 Å². The number of nitrogens with one attached hydrogen (secondary N) is 1. The molecule has 0 unspecified atom stereocenters. The summed E-state index contributed by atoms with van der Waals surface area (Å²) in [7, 11) is 0. The standard InChI is InChI=1S/C23H28N2O3/c26-22(14-18-28-21-9-5-2-6-10-21)25-16-12-20(13-17-25)23(27)24-15-11-19-7-3-1-4-8-19/h1-10,20H,11-18H2,(H,24,27). The van der Waals surface area contributed by atoms with Gasteiger partial charge in [0, 0.05) is 25.6 Å². The molecule has 148 valence electrons. The van der Waals surface area contributed by atoms with E-state index in [1.165, 1.54) is 5.56 Å². The molecule has 1 fully saturated rings. The number of rotatable bonds is 8. The lowest BCUT2D eigenvalue weighted by atomic mass is 9.95. The Kier molecular flexibility index (Phi) is 7.47. The molecule has 1 aliphatic heterocycles. The van der Waals surface area contributed by atoms with E-state index >= 15 is 0 Å². The molecule has 1 aliphatic rings. The van der Waals surface area contributed by atoms with Crippen molar-refractivity contribution in [3.63, 3.8) is 0 Å². The zero-order chi connectivity index (χ0) is 19.6. The summed E-state index contributed by atoms with van der Waals surface area (Å²) in [5.74, 6) is 0.982. The average Bonchev–Trinajstić information content (AvgIpc) is 2.75. The first-order valence-corrected chi connectivity index (χ1v) is 9.99. The monoisotopic (exact) mass is 380 g/mol. The van der Waals surface area contributed by atoms with E-state index in [2.05, 4.69) is 17.4 Å². The van der Waals surface area contributed by atoms with E-state index in [1.54, 1.807) is 0 Å². The molecule has 0 bridgehead atoms. The number of ether oxygens (including phenoxy) is 1. The summed E-state index contributed by atoms with van der Waals surface area (Å²) in [6, 6.07) is 19.7. The predicted molar refractivity (Wildman–Crippen MR) is 109 cm³/mol. The van der Waals surface area contributed by atoms with Crippen molar-refractivity contribution in [3.8, 4) is 5.75 Å². The van der Waals surface area contributed by atoms with Crippen LogP contribution in [0.3, 0.4) is 0 Å². The van der Waals surface area contributed by atoms with Crippen LogP contribution in [0.25, 0.3) is 0 Å². The van der Waals surface area contributed by atoms with Crippen LogP contribution in [0.1, 0.15) is 24.8 Å². The van der Waals surface area contributed by atoms with Crippen molar-refractivity contribution < 1.29 is 14.3 Å². The Labute approximate surface area is 166 Å². The van der Waals surface area contributed by atoms with Crippen LogP contribution in [0.4, 0.5) is 0 Å². The molecular formula is C23H28N2O3. The van der Waals surface area contributed by atoms with Gasteiger partial charge in [0.25, 0.3) is 0 Å². The molecule has 28 heavy (non-hydrogen) atoms. The fraction of sp³-hybridized carbons (Fsp3) is 0.391. The summed E-state index contributed by atoms with van der Waals surface area (Å²) in [4.78, 5) is 26.5. The van der Waals surface area contributed by atoms with Gasteiger partial charge in [-0.25, -0.2) is 0 Å². The molecule has 3 rings (SSSR count). The minimum atomic E-state index is 0.000363. The lowest BCUT2D eigenvalue weighted by molar-refractivity contribution is -0.136. The Morgan fingerprint density at radius 2 is 1.61 bits per heavy atom. The minimum absolute atomic E-state index is 0.000363. The summed E-state index contributed by atoms with van der Waals surface area (Å²) < 4.78 is 5.60. The highest BCUT2D eigenvalue weighted by molar-refractivity contribution is 5.80. The third kappa shape index (κ3) is 6.12. The van der Waals surface area contributed by atoms with Gasteiger partial charge in [0.15, 0.2) is 0 Å². The van der Waals surface area contributed by atoms with Crippen molar-refractivity contribution in [2.45, 2.75) is 25.7 Å². The van der Waals surface area contributed by atoms with Gasteiger partial charge < -0.3 is 15.0 Å². The number of likely N-dealkylation sites (tertiary alicyclic amines) is 1. The summed E-state index contributed by atoms with van der Waals surface area (Å²) in [5.41, 5.74) is 1.22. The van der Waals surface area contributed by atoms with Crippen LogP contribution in [-0.2, 0) is 16.0 Å². The highest BCUT2D eigenvalue weighted by atomic mass is 16.5. The van der Waals surface area contributed by atoms with Crippen molar-refractivity contribution in [3.05, 3.63) is 66.2 Å². The number of amides is 2. The fourth-order valence-electron chi connectivity index (χ4n) is 3.44. The predicted octanol–water partition coefficient (Wildman–Crippen LogP) is 3.05. The van der Waals surface area contributed by atoms with Crippen molar-refractivity contribution >= 4 is 11.8 Å². The minimum Gasteiger partial charge on any atom is -0.493 e. The van der Waals surface area contributed by atoms with Crippen LogP contribution in [0.2, 0.25) is 0 Å². The van der Waals surface area contributed by atoms with Crippen molar-refractivity contribution in [2.24, 2.45) is 5.92 Å². The normalized spacial score (nSPS) is 14.5. The van der Waals surface area contributed by atoms with Gasteiger partial charge in [-0.2, -0.15) is 0 Å². The fourth-order valence-corrected chi connectivity index (χ4v) is 3.44. The SMILES string of the molecule is O=C(NCCc1ccccc1)C1CCN(C(=O)CCOc2ccccc2)CC1. The first kappa shape index (κ1) is 19.9. The van der Waals surface area contributed by atoms with Gasteiger partial charge >= 0.3 is 0 Å². The van der Waals surface area contributed by atoms with E-state index in [4.69, 9.17) is 4.74 Å². The second-order valence-corrected chi connectivity index (χ2v) is 7.09. The Balaban J connectivity index is 1.32. The number of para-hydroxylation sites is 1. The summed E-state index contributed by atoms with van der Waals surface area (Å²) in [6.45, 7) is 2.31. The Morgan fingerprint density at radius 3 is 2.29 bits per heavy atom. The van der Waals surface area contributed by atoms with E-state index < -0.39 is 0 Å². The molecular weight excluding hydrogens is 352 g/mol. The number of carbonyl (C=O) groups is 2. The average molecular weight is 380 g/mol. The van der Waals surface area contributed by atoms with Crippen LogP contribution in [0.15, 0.2) is 60.7 Å². The first-order chi connectivity index (χ1) is 13.7. The van der Waals surface area contributed by atoms with E-state index in [1.807, 2.05) is 53.4 Å². The van der Waals surface area contributed by atoms with Gasteiger partial charge in [-0.3, -0.25) is 9.59 Å². The third-order valence-corrected chi connectivity index (χ3v) is 5.10. The molecule has 0 atom stereocenters. The molecule has 2 aromatic rings. The second-order valence-electron chi connectivity index (χ2n) is 7.09. The van der Waals surface area contributed by atoms with E-state index in [0.29, 0.717) is 32.7 Å². The first-order valence-electron chi connectivity index (χ1n) is 9.99.